The summed E-state index contributed by atoms with van der Waals surface area (Å²) >= 11 is 0. The number of nitrogens with one attached hydrogen (secondary N) is 1. The molecule has 0 saturated heterocycles. The van der Waals surface area contributed by atoms with Crippen LogP contribution in [0.3, 0.4) is 0 Å². The highest BCUT2D eigenvalue weighted by Gasteiger charge is 2.34. The van der Waals surface area contributed by atoms with Crippen LogP contribution in [0.2, 0.25) is 0 Å². The third-order valence-corrected chi connectivity index (χ3v) is 4.82. The standard InChI is InChI=1S/C17H35N/c1-6-8-14(3)11-16-12-17(4,5)10-9-15(16)13-18-7-2/h14-16,18H,6-13H2,1-5H3. The van der Waals surface area contributed by atoms with Crippen LogP contribution in [-0.4, -0.2) is 13.1 Å². The maximum Gasteiger partial charge on any atom is -0.00180 e. The molecule has 1 aliphatic carbocycles. The van der Waals surface area contributed by atoms with E-state index in [-0.39, 0.29) is 0 Å². The summed E-state index contributed by atoms with van der Waals surface area (Å²) in [5.41, 5.74) is 0.583. The first-order valence-corrected chi connectivity index (χ1v) is 8.19. The van der Waals surface area contributed by atoms with Gasteiger partial charge in [0.05, 0.1) is 0 Å². The van der Waals surface area contributed by atoms with Crippen LogP contribution in [0.5, 0.6) is 0 Å². The lowest BCUT2D eigenvalue weighted by Crippen LogP contribution is -2.36. The van der Waals surface area contributed by atoms with Crippen LogP contribution < -0.4 is 5.32 Å². The van der Waals surface area contributed by atoms with E-state index in [1.807, 2.05) is 0 Å². The molecule has 0 aromatic heterocycles. The van der Waals surface area contributed by atoms with E-state index in [4.69, 9.17) is 0 Å². The molecule has 0 bridgehead atoms. The van der Waals surface area contributed by atoms with E-state index in [0.717, 1.165) is 24.3 Å². The van der Waals surface area contributed by atoms with Gasteiger partial charge in [-0.05, 0) is 61.9 Å². The lowest BCUT2D eigenvalue weighted by molar-refractivity contribution is 0.0978. The van der Waals surface area contributed by atoms with Gasteiger partial charge < -0.3 is 5.32 Å². The van der Waals surface area contributed by atoms with Gasteiger partial charge in [-0.1, -0.05) is 47.5 Å². The zero-order chi connectivity index (χ0) is 13.6. The molecule has 1 nitrogen and oxygen atoms in total. The Balaban J connectivity index is 2.53. The van der Waals surface area contributed by atoms with Crippen LogP contribution in [0.25, 0.3) is 0 Å². The average molecular weight is 253 g/mol. The topological polar surface area (TPSA) is 12.0 Å². The second-order valence-corrected chi connectivity index (χ2v) is 7.36. The second kappa shape index (κ2) is 7.53. The largest absolute Gasteiger partial charge is 0.317 e. The summed E-state index contributed by atoms with van der Waals surface area (Å²) < 4.78 is 0. The molecular weight excluding hydrogens is 218 g/mol. The van der Waals surface area contributed by atoms with E-state index in [1.54, 1.807) is 0 Å². The summed E-state index contributed by atoms with van der Waals surface area (Å²) in [6.45, 7) is 14.3. The predicted octanol–water partition coefficient (Wildman–Crippen LogP) is 4.86. The quantitative estimate of drug-likeness (QED) is 0.683. The Kier molecular flexibility index (Phi) is 6.70. The molecule has 0 amide bonds. The fourth-order valence-electron chi connectivity index (χ4n) is 3.79. The van der Waals surface area contributed by atoms with E-state index < -0.39 is 0 Å². The van der Waals surface area contributed by atoms with Gasteiger partial charge in [-0.15, -0.1) is 0 Å². The van der Waals surface area contributed by atoms with Crippen molar-refractivity contribution < 1.29 is 0 Å². The average Bonchev–Trinajstić information content (AvgIpc) is 2.27. The highest BCUT2D eigenvalue weighted by atomic mass is 14.8. The van der Waals surface area contributed by atoms with Crippen molar-refractivity contribution in [3.63, 3.8) is 0 Å². The van der Waals surface area contributed by atoms with Crippen LogP contribution in [0.1, 0.15) is 73.1 Å². The highest BCUT2D eigenvalue weighted by molar-refractivity contribution is 4.86. The Bertz CT molecular complexity index is 222. The Morgan fingerprint density at radius 1 is 1.22 bits per heavy atom. The third-order valence-electron chi connectivity index (χ3n) is 4.82. The molecule has 0 aromatic carbocycles. The Hall–Kier alpha value is -0.0400. The van der Waals surface area contributed by atoms with E-state index in [9.17, 15) is 0 Å². The van der Waals surface area contributed by atoms with E-state index in [1.165, 1.54) is 45.1 Å². The van der Waals surface area contributed by atoms with Crippen molar-refractivity contribution in [2.45, 2.75) is 73.1 Å². The normalized spacial score (nSPS) is 29.2. The molecule has 0 heterocycles. The minimum atomic E-state index is 0.583. The molecule has 1 fully saturated rings. The molecule has 1 saturated carbocycles. The van der Waals surface area contributed by atoms with Gasteiger partial charge in [-0.3, -0.25) is 0 Å². The van der Waals surface area contributed by atoms with Crippen molar-refractivity contribution in [2.24, 2.45) is 23.2 Å². The highest BCUT2D eigenvalue weighted by Crippen LogP contribution is 2.44. The summed E-state index contributed by atoms with van der Waals surface area (Å²) in [5.74, 6) is 2.80. The first-order chi connectivity index (χ1) is 8.48. The van der Waals surface area contributed by atoms with Crippen molar-refractivity contribution in [2.75, 3.05) is 13.1 Å². The minimum Gasteiger partial charge on any atom is -0.317 e. The van der Waals surface area contributed by atoms with Gasteiger partial charge in [-0.2, -0.15) is 0 Å². The van der Waals surface area contributed by atoms with Gasteiger partial charge in [0.1, 0.15) is 0 Å². The summed E-state index contributed by atoms with van der Waals surface area (Å²) in [6, 6.07) is 0. The zero-order valence-electron chi connectivity index (χ0n) is 13.4. The van der Waals surface area contributed by atoms with Crippen molar-refractivity contribution in [1.82, 2.24) is 5.32 Å². The van der Waals surface area contributed by atoms with Crippen molar-refractivity contribution in [3.8, 4) is 0 Å². The monoisotopic (exact) mass is 253 g/mol. The fourth-order valence-corrected chi connectivity index (χ4v) is 3.79. The number of hydrogen-bond acceptors (Lipinski definition) is 1. The second-order valence-electron chi connectivity index (χ2n) is 7.36. The maximum atomic E-state index is 3.58. The van der Waals surface area contributed by atoms with Crippen molar-refractivity contribution >= 4 is 0 Å². The Morgan fingerprint density at radius 2 is 1.94 bits per heavy atom. The minimum absolute atomic E-state index is 0.583. The summed E-state index contributed by atoms with van der Waals surface area (Å²) in [4.78, 5) is 0. The van der Waals surface area contributed by atoms with E-state index in [0.29, 0.717) is 5.41 Å². The summed E-state index contributed by atoms with van der Waals surface area (Å²) in [6.07, 6.45) is 8.50. The van der Waals surface area contributed by atoms with E-state index in [2.05, 4.69) is 39.9 Å². The fraction of sp³-hybridized carbons (Fsp3) is 1.00. The molecule has 3 unspecified atom stereocenters. The first kappa shape index (κ1) is 16.0. The van der Waals surface area contributed by atoms with Crippen LogP contribution in [0, 0.1) is 23.2 Å². The first-order valence-electron chi connectivity index (χ1n) is 8.19. The maximum absolute atomic E-state index is 3.58. The van der Waals surface area contributed by atoms with E-state index >= 15 is 0 Å². The predicted molar refractivity (Wildman–Crippen MR) is 81.8 cm³/mol. The molecule has 18 heavy (non-hydrogen) atoms. The smallest absolute Gasteiger partial charge is 0.00180 e. The molecule has 108 valence electrons. The SMILES string of the molecule is CCCC(C)CC1CC(C)(C)CCC1CNCC. The van der Waals surface area contributed by atoms with Gasteiger partial charge in [0, 0.05) is 0 Å². The van der Waals surface area contributed by atoms with Gasteiger partial charge >= 0.3 is 0 Å². The zero-order valence-corrected chi connectivity index (χ0v) is 13.4. The molecule has 0 radical (unpaired) electrons. The molecular formula is C17H35N. The third kappa shape index (κ3) is 5.30. The van der Waals surface area contributed by atoms with Gasteiger partial charge in [0.25, 0.3) is 0 Å². The molecule has 1 heteroatoms. The molecule has 1 aliphatic rings. The van der Waals surface area contributed by atoms with Crippen LogP contribution in [-0.2, 0) is 0 Å². The Morgan fingerprint density at radius 3 is 2.56 bits per heavy atom. The molecule has 1 N–H and O–H groups in total. The van der Waals surface area contributed by atoms with Crippen LogP contribution >= 0.6 is 0 Å². The van der Waals surface area contributed by atoms with Gasteiger partial charge in [0.2, 0.25) is 0 Å². The lowest BCUT2D eigenvalue weighted by atomic mass is 9.65. The molecule has 0 aromatic rings. The van der Waals surface area contributed by atoms with Crippen molar-refractivity contribution in [3.05, 3.63) is 0 Å². The molecule has 0 aliphatic heterocycles. The number of hydrogen-bond donors (Lipinski definition) is 1. The van der Waals surface area contributed by atoms with Gasteiger partial charge in [0.15, 0.2) is 0 Å². The summed E-state index contributed by atoms with van der Waals surface area (Å²) in [5, 5.41) is 3.58. The molecule has 1 rings (SSSR count). The Labute approximate surface area is 115 Å². The number of rotatable bonds is 7. The summed E-state index contributed by atoms with van der Waals surface area (Å²) in [7, 11) is 0. The molecule has 3 atom stereocenters. The van der Waals surface area contributed by atoms with Gasteiger partial charge in [-0.25, -0.2) is 0 Å². The van der Waals surface area contributed by atoms with Crippen molar-refractivity contribution in [1.29, 1.82) is 0 Å². The lowest BCUT2D eigenvalue weighted by Gasteiger charge is -2.42. The molecule has 0 spiro atoms. The van der Waals surface area contributed by atoms with Crippen LogP contribution in [0.4, 0.5) is 0 Å². The van der Waals surface area contributed by atoms with Crippen LogP contribution in [0.15, 0.2) is 0 Å².